The number of ether oxygens (including phenoxy) is 1. The van der Waals surface area contributed by atoms with E-state index in [9.17, 15) is 0 Å². The Kier molecular flexibility index (Phi) is 5.42. The molecule has 3 heteroatoms. The second kappa shape index (κ2) is 6.91. The highest BCUT2D eigenvalue weighted by Gasteiger charge is 2.42. The van der Waals surface area contributed by atoms with Gasteiger partial charge in [-0.05, 0) is 63.6 Å². The fraction of sp³-hybridized carbons (Fsp3) is 0.667. The average Bonchev–Trinajstić information content (AvgIpc) is 2.88. The second-order valence-electron chi connectivity index (χ2n) is 6.51. The molecule has 0 aliphatic heterocycles. The zero-order valence-electron chi connectivity index (χ0n) is 14.0. The van der Waals surface area contributed by atoms with Gasteiger partial charge < -0.3 is 4.74 Å². The van der Waals surface area contributed by atoms with E-state index in [1.165, 1.54) is 35.1 Å². The number of hydrazine groups is 1. The summed E-state index contributed by atoms with van der Waals surface area (Å²) in [5.74, 6) is 5.92. The molecule has 1 aliphatic rings. The third-order valence-corrected chi connectivity index (χ3v) is 4.97. The van der Waals surface area contributed by atoms with Crippen molar-refractivity contribution < 1.29 is 4.74 Å². The maximum atomic E-state index is 6.18. The first-order valence-electron chi connectivity index (χ1n) is 8.19. The van der Waals surface area contributed by atoms with Crippen molar-refractivity contribution in [3.63, 3.8) is 0 Å². The number of rotatable bonds is 6. The highest BCUT2D eigenvalue weighted by atomic mass is 16.5. The molecule has 0 aromatic heterocycles. The van der Waals surface area contributed by atoms with Crippen molar-refractivity contribution in [1.29, 1.82) is 0 Å². The lowest BCUT2D eigenvalue weighted by Gasteiger charge is -2.37. The first-order chi connectivity index (χ1) is 10.0. The Morgan fingerprint density at radius 1 is 1.19 bits per heavy atom. The predicted octanol–water partition coefficient (Wildman–Crippen LogP) is 3.34. The SMILES string of the molecule is CCOC1(C(Cc2c(C)cc(C)cc2C)NN)CCCC1. The Balaban J connectivity index is 2.26. The Morgan fingerprint density at radius 3 is 2.24 bits per heavy atom. The van der Waals surface area contributed by atoms with E-state index in [2.05, 4.69) is 45.3 Å². The third-order valence-electron chi connectivity index (χ3n) is 4.97. The van der Waals surface area contributed by atoms with E-state index in [1.807, 2.05) is 0 Å². The van der Waals surface area contributed by atoms with Gasteiger partial charge in [0.15, 0.2) is 0 Å². The second-order valence-corrected chi connectivity index (χ2v) is 6.51. The Bertz CT molecular complexity index is 455. The monoisotopic (exact) mass is 290 g/mol. The normalized spacial score (nSPS) is 18.9. The molecular weight excluding hydrogens is 260 g/mol. The first kappa shape index (κ1) is 16.5. The van der Waals surface area contributed by atoms with E-state index in [4.69, 9.17) is 10.6 Å². The summed E-state index contributed by atoms with van der Waals surface area (Å²) in [7, 11) is 0. The number of hydrogen-bond acceptors (Lipinski definition) is 3. The van der Waals surface area contributed by atoms with E-state index in [1.54, 1.807) is 0 Å². The molecule has 21 heavy (non-hydrogen) atoms. The van der Waals surface area contributed by atoms with Crippen LogP contribution in [0.2, 0.25) is 0 Å². The van der Waals surface area contributed by atoms with E-state index < -0.39 is 0 Å². The molecule has 0 heterocycles. The van der Waals surface area contributed by atoms with Crippen LogP contribution in [0.1, 0.15) is 54.9 Å². The highest BCUT2D eigenvalue weighted by Crippen LogP contribution is 2.37. The molecule has 1 fully saturated rings. The van der Waals surface area contributed by atoms with Crippen LogP contribution in [0.5, 0.6) is 0 Å². The van der Waals surface area contributed by atoms with Gasteiger partial charge >= 0.3 is 0 Å². The van der Waals surface area contributed by atoms with Crippen LogP contribution in [0, 0.1) is 20.8 Å². The average molecular weight is 290 g/mol. The largest absolute Gasteiger partial charge is 0.374 e. The van der Waals surface area contributed by atoms with Gasteiger partial charge in [-0.25, -0.2) is 0 Å². The van der Waals surface area contributed by atoms with Gasteiger partial charge in [0, 0.05) is 6.61 Å². The van der Waals surface area contributed by atoms with Gasteiger partial charge in [0.25, 0.3) is 0 Å². The van der Waals surface area contributed by atoms with Crippen molar-refractivity contribution in [2.45, 2.75) is 71.4 Å². The van der Waals surface area contributed by atoms with Crippen LogP contribution in [0.4, 0.5) is 0 Å². The Morgan fingerprint density at radius 2 is 1.76 bits per heavy atom. The first-order valence-corrected chi connectivity index (χ1v) is 8.19. The van der Waals surface area contributed by atoms with Crippen LogP contribution in [-0.4, -0.2) is 18.2 Å². The summed E-state index contributed by atoms with van der Waals surface area (Å²) in [6.45, 7) is 9.39. The molecule has 2 rings (SSSR count). The van der Waals surface area contributed by atoms with Gasteiger partial charge in [-0.15, -0.1) is 0 Å². The molecule has 0 spiro atoms. The van der Waals surface area contributed by atoms with E-state index in [-0.39, 0.29) is 11.6 Å². The summed E-state index contributed by atoms with van der Waals surface area (Å²) in [5.41, 5.74) is 8.43. The maximum absolute atomic E-state index is 6.18. The van der Waals surface area contributed by atoms with Crippen molar-refractivity contribution in [2.24, 2.45) is 5.84 Å². The lowest BCUT2D eigenvalue weighted by Crippen LogP contribution is -2.54. The summed E-state index contributed by atoms with van der Waals surface area (Å²) in [5, 5.41) is 0. The molecule has 3 N–H and O–H groups in total. The summed E-state index contributed by atoms with van der Waals surface area (Å²) >= 11 is 0. The number of nitrogens with one attached hydrogen (secondary N) is 1. The minimum Gasteiger partial charge on any atom is -0.374 e. The molecule has 3 nitrogen and oxygen atoms in total. The smallest absolute Gasteiger partial charge is 0.0851 e. The fourth-order valence-corrected chi connectivity index (χ4v) is 3.99. The van der Waals surface area contributed by atoms with Crippen LogP contribution in [0.25, 0.3) is 0 Å². The van der Waals surface area contributed by atoms with Gasteiger partial charge in [0.2, 0.25) is 0 Å². The summed E-state index contributed by atoms with van der Waals surface area (Å²) in [6, 6.07) is 4.70. The van der Waals surface area contributed by atoms with Crippen molar-refractivity contribution in [3.8, 4) is 0 Å². The Hall–Kier alpha value is -0.900. The molecule has 0 bridgehead atoms. The third kappa shape index (κ3) is 3.47. The van der Waals surface area contributed by atoms with Gasteiger partial charge in [0.05, 0.1) is 11.6 Å². The van der Waals surface area contributed by atoms with Crippen molar-refractivity contribution >= 4 is 0 Å². The van der Waals surface area contributed by atoms with Crippen LogP contribution in [0.15, 0.2) is 12.1 Å². The van der Waals surface area contributed by atoms with Crippen LogP contribution in [-0.2, 0) is 11.2 Å². The molecule has 1 aromatic rings. The molecule has 0 saturated heterocycles. The molecule has 0 radical (unpaired) electrons. The highest BCUT2D eigenvalue weighted by molar-refractivity contribution is 5.38. The molecular formula is C18H30N2O. The maximum Gasteiger partial charge on any atom is 0.0851 e. The minimum absolute atomic E-state index is 0.0900. The van der Waals surface area contributed by atoms with Crippen LogP contribution in [0.3, 0.4) is 0 Å². The van der Waals surface area contributed by atoms with Crippen molar-refractivity contribution in [3.05, 3.63) is 34.4 Å². The summed E-state index contributed by atoms with van der Waals surface area (Å²) in [6.07, 6.45) is 5.64. The van der Waals surface area contributed by atoms with Crippen molar-refractivity contribution in [1.82, 2.24) is 5.43 Å². The molecule has 1 unspecified atom stereocenters. The number of benzene rings is 1. The summed E-state index contributed by atoms with van der Waals surface area (Å²) in [4.78, 5) is 0. The molecule has 118 valence electrons. The fourth-order valence-electron chi connectivity index (χ4n) is 3.99. The lowest BCUT2D eigenvalue weighted by atomic mass is 9.85. The van der Waals surface area contributed by atoms with E-state index in [0.717, 1.165) is 25.9 Å². The summed E-state index contributed by atoms with van der Waals surface area (Å²) < 4.78 is 6.18. The zero-order valence-corrected chi connectivity index (χ0v) is 14.0. The standard InChI is InChI=1S/C18H30N2O/c1-5-21-18(8-6-7-9-18)17(20-19)12-16-14(3)10-13(2)11-15(16)4/h10-11,17,20H,5-9,12,19H2,1-4H3. The Labute approximate surface area is 129 Å². The molecule has 1 aliphatic carbocycles. The van der Waals surface area contributed by atoms with Crippen molar-refractivity contribution in [2.75, 3.05) is 6.61 Å². The molecule has 1 saturated carbocycles. The zero-order chi connectivity index (χ0) is 15.5. The minimum atomic E-state index is -0.0900. The lowest BCUT2D eigenvalue weighted by molar-refractivity contribution is -0.0613. The quantitative estimate of drug-likeness (QED) is 0.624. The predicted molar refractivity (Wildman–Crippen MR) is 88.3 cm³/mol. The topological polar surface area (TPSA) is 47.3 Å². The van der Waals surface area contributed by atoms with E-state index >= 15 is 0 Å². The van der Waals surface area contributed by atoms with Gasteiger partial charge in [-0.3, -0.25) is 11.3 Å². The molecule has 1 aromatic carbocycles. The van der Waals surface area contributed by atoms with Crippen LogP contribution < -0.4 is 11.3 Å². The number of aryl methyl sites for hydroxylation is 3. The van der Waals surface area contributed by atoms with Gasteiger partial charge in [-0.1, -0.05) is 30.5 Å². The number of nitrogens with two attached hydrogens (primary N) is 1. The molecule has 1 atom stereocenters. The number of hydrogen-bond donors (Lipinski definition) is 2. The van der Waals surface area contributed by atoms with E-state index in [0.29, 0.717) is 0 Å². The van der Waals surface area contributed by atoms with Gasteiger partial charge in [0.1, 0.15) is 0 Å². The van der Waals surface area contributed by atoms with Gasteiger partial charge in [-0.2, -0.15) is 0 Å². The van der Waals surface area contributed by atoms with Crippen LogP contribution >= 0.6 is 0 Å². The molecule has 0 amide bonds.